The summed E-state index contributed by atoms with van der Waals surface area (Å²) >= 11 is 6.53. The van der Waals surface area contributed by atoms with Crippen molar-refractivity contribution >= 4 is 11.6 Å². The molecule has 3 fully saturated rings. The molecule has 0 radical (unpaired) electrons. The molecule has 184 valence electrons. The summed E-state index contributed by atoms with van der Waals surface area (Å²) in [5.41, 5.74) is 5.28. The summed E-state index contributed by atoms with van der Waals surface area (Å²) in [6.07, 6.45) is 9.04. The van der Waals surface area contributed by atoms with E-state index in [0.717, 1.165) is 17.5 Å². The molecule has 1 unspecified atom stereocenters. The third kappa shape index (κ3) is 5.08. The lowest BCUT2D eigenvalue weighted by atomic mass is 9.68. The Morgan fingerprint density at radius 1 is 0.912 bits per heavy atom. The number of benzene rings is 2. The Labute approximate surface area is 207 Å². The molecule has 4 nitrogen and oxygen atoms in total. The van der Waals surface area contributed by atoms with Gasteiger partial charge in [0.1, 0.15) is 12.2 Å². The topological polar surface area (TPSA) is 69.9 Å². The minimum absolute atomic E-state index is 0.288. The van der Waals surface area contributed by atoms with Crippen LogP contribution in [0.5, 0.6) is 0 Å². The van der Waals surface area contributed by atoms with Gasteiger partial charge in [0.25, 0.3) is 0 Å². The SMILES string of the molecule is OC[C@H]1OC(c2ccc(Cl)c(Cc3ccc(C4CCC5(CCCC5)CC4)cc3)c2)C[C@@H](O)[C@@H]1O. The first-order chi connectivity index (χ1) is 16.5. The maximum atomic E-state index is 10.2. The van der Waals surface area contributed by atoms with Crippen LogP contribution in [0, 0.1) is 5.41 Å². The Kier molecular flexibility index (Phi) is 7.34. The second-order valence-corrected chi connectivity index (χ2v) is 11.3. The van der Waals surface area contributed by atoms with Gasteiger partial charge in [-0.2, -0.15) is 0 Å². The molecule has 2 aliphatic carbocycles. The van der Waals surface area contributed by atoms with Crippen molar-refractivity contribution in [1.29, 1.82) is 0 Å². The minimum Gasteiger partial charge on any atom is -0.394 e. The first-order valence-electron chi connectivity index (χ1n) is 13.0. The summed E-state index contributed by atoms with van der Waals surface area (Å²) in [7, 11) is 0. The van der Waals surface area contributed by atoms with Crippen molar-refractivity contribution in [2.24, 2.45) is 5.41 Å². The molecule has 5 heteroatoms. The molecule has 1 heterocycles. The molecule has 2 aromatic rings. The van der Waals surface area contributed by atoms with Crippen molar-refractivity contribution < 1.29 is 20.1 Å². The molecule has 3 aliphatic rings. The van der Waals surface area contributed by atoms with Crippen molar-refractivity contribution in [3.63, 3.8) is 0 Å². The lowest BCUT2D eigenvalue weighted by Crippen LogP contribution is -2.47. The maximum absolute atomic E-state index is 10.2. The van der Waals surface area contributed by atoms with Crippen molar-refractivity contribution in [2.75, 3.05) is 6.61 Å². The van der Waals surface area contributed by atoms with Crippen LogP contribution in [0.1, 0.15) is 92.1 Å². The lowest BCUT2D eigenvalue weighted by molar-refractivity contribution is -0.181. The van der Waals surface area contributed by atoms with Crippen LogP contribution in [0.4, 0.5) is 0 Å². The third-order valence-corrected chi connectivity index (χ3v) is 9.12. The van der Waals surface area contributed by atoms with Crippen molar-refractivity contribution in [3.05, 3.63) is 69.7 Å². The highest BCUT2D eigenvalue weighted by atomic mass is 35.5. The van der Waals surface area contributed by atoms with E-state index >= 15 is 0 Å². The number of hydrogen-bond acceptors (Lipinski definition) is 4. The molecule has 2 saturated carbocycles. The molecule has 34 heavy (non-hydrogen) atoms. The second-order valence-electron chi connectivity index (χ2n) is 10.9. The fourth-order valence-electron chi connectivity index (χ4n) is 6.57. The molecule has 0 aromatic heterocycles. The van der Waals surface area contributed by atoms with Gasteiger partial charge in [-0.25, -0.2) is 0 Å². The van der Waals surface area contributed by atoms with Gasteiger partial charge < -0.3 is 20.1 Å². The van der Waals surface area contributed by atoms with Crippen LogP contribution in [-0.4, -0.2) is 40.2 Å². The zero-order valence-corrected chi connectivity index (χ0v) is 20.6. The van der Waals surface area contributed by atoms with Crippen molar-refractivity contribution in [3.8, 4) is 0 Å². The molecule has 4 atom stereocenters. The summed E-state index contributed by atoms with van der Waals surface area (Å²) in [6.45, 7) is -0.330. The Hall–Kier alpha value is -1.43. The Morgan fingerprint density at radius 3 is 2.26 bits per heavy atom. The van der Waals surface area contributed by atoms with Gasteiger partial charge in [0.2, 0.25) is 0 Å². The van der Waals surface area contributed by atoms with Gasteiger partial charge >= 0.3 is 0 Å². The monoisotopic (exact) mass is 484 g/mol. The van der Waals surface area contributed by atoms with E-state index in [1.807, 2.05) is 18.2 Å². The standard InChI is InChI=1S/C29H37ClO4/c30-24-8-7-22(26-17-25(32)28(33)27(18-31)34-26)16-23(24)15-19-3-5-20(6-4-19)21-9-13-29(14-10-21)11-1-2-12-29/h3-8,16,21,25-28,31-33H,1-2,9-15,17-18H2/t25-,26?,27-,28+/m1/s1. The van der Waals surface area contributed by atoms with Crippen LogP contribution < -0.4 is 0 Å². The van der Waals surface area contributed by atoms with E-state index in [0.29, 0.717) is 16.4 Å². The number of hydrogen-bond donors (Lipinski definition) is 3. The van der Waals surface area contributed by atoms with Gasteiger partial charge in [-0.15, -0.1) is 0 Å². The van der Waals surface area contributed by atoms with Gasteiger partial charge in [0, 0.05) is 11.4 Å². The number of rotatable bonds is 5. The van der Waals surface area contributed by atoms with E-state index < -0.39 is 18.3 Å². The minimum atomic E-state index is -1.07. The summed E-state index contributed by atoms with van der Waals surface area (Å²) < 4.78 is 5.86. The molecule has 0 amide bonds. The largest absolute Gasteiger partial charge is 0.394 e. The molecule has 3 N–H and O–H groups in total. The Balaban J connectivity index is 1.25. The van der Waals surface area contributed by atoms with Crippen LogP contribution in [0.2, 0.25) is 5.02 Å². The average Bonchev–Trinajstić information content (AvgIpc) is 3.31. The Bertz CT molecular complexity index is 959. The van der Waals surface area contributed by atoms with Crippen LogP contribution in [0.15, 0.2) is 42.5 Å². The van der Waals surface area contributed by atoms with Crippen LogP contribution in [-0.2, 0) is 11.2 Å². The summed E-state index contributed by atoms with van der Waals surface area (Å²) in [5, 5.41) is 30.4. The lowest BCUT2D eigenvalue weighted by Gasteiger charge is -2.37. The van der Waals surface area contributed by atoms with Gasteiger partial charge in [-0.3, -0.25) is 0 Å². The van der Waals surface area contributed by atoms with E-state index in [-0.39, 0.29) is 19.1 Å². The molecule has 1 spiro atoms. The van der Waals surface area contributed by atoms with E-state index in [1.54, 1.807) is 0 Å². The highest BCUT2D eigenvalue weighted by molar-refractivity contribution is 6.31. The highest BCUT2D eigenvalue weighted by Crippen LogP contribution is 2.52. The molecule has 1 aliphatic heterocycles. The summed E-state index contributed by atoms with van der Waals surface area (Å²) in [6, 6.07) is 14.9. The van der Waals surface area contributed by atoms with E-state index in [4.69, 9.17) is 16.3 Å². The van der Waals surface area contributed by atoms with Crippen LogP contribution in [0.25, 0.3) is 0 Å². The molecule has 5 rings (SSSR count). The number of aliphatic hydroxyl groups excluding tert-OH is 3. The molecular weight excluding hydrogens is 448 g/mol. The highest BCUT2D eigenvalue weighted by Gasteiger charge is 2.38. The fourth-order valence-corrected chi connectivity index (χ4v) is 6.75. The number of ether oxygens (including phenoxy) is 1. The average molecular weight is 485 g/mol. The van der Waals surface area contributed by atoms with Crippen molar-refractivity contribution in [2.45, 2.75) is 94.5 Å². The zero-order chi connectivity index (χ0) is 23.7. The molecule has 0 bridgehead atoms. The molecular formula is C29H37ClO4. The smallest absolute Gasteiger partial charge is 0.110 e. The van der Waals surface area contributed by atoms with Crippen LogP contribution >= 0.6 is 11.6 Å². The van der Waals surface area contributed by atoms with E-state index in [2.05, 4.69) is 24.3 Å². The maximum Gasteiger partial charge on any atom is 0.110 e. The predicted octanol–water partition coefficient (Wildman–Crippen LogP) is 5.69. The summed E-state index contributed by atoms with van der Waals surface area (Å²) in [4.78, 5) is 0. The van der Waals surface area contributed by atoms with Crippen molar-refractivity contribution in [1.82, 2.24) is 0 Å². The second kappa shape index (κ2) is 10.3. The Morgan fingerprint density at radius 2 is 1.59 bits per heavy atom. The third-order valence-electron chi connectivity index (χ3n) is 8.75. The van der Waals surface area contributed by atoms with Gasteiger partial charge in [-0.05, 0) is 84.6 Å². The number of aliphatic hydroxyl groups is 3. The molecule has 2 aromatic carbocycles. The van der Waals surface area contributed by atoms with Gasteiger partial charge in [0.05, 0.1) is 18.8 Å². The van der Waals surface area contributed by atoms with Gasteiger partial charge in [0.15, 0.2) is 0 Å². The van der Waals surface area contributed by atoms with Gasteiger partial charge in [-0.1, -0.05) is 60.8 Å². The quantitative estimate of drug-likeness (QED) is 0.509. The fraction of sp³-hybridized carbons (Fsp3) is 0.586. The summed E-state index contributed by atoms with van der Waals surface area (Å²) in [5.74, 6) is 0.692. The molecule has 1 saturated heterocycles. The first-order valence-corrected chi connectivity index (χ1v) is 13.3. The first kappa shape index (κ1) is 24.3. The van der Waals surface area contributed by atoms with E-state index in [9.17, 15) is 15.3 Å². The van der Waals surface area contributed by atoms with E-state index in [1.165, 1.54) is 62.5 Å². The number of halogens is 1. The zero-order valence-electron chi connectivity index (χ0n) is 19.8. The van der Waals surface area contributed by atoms with Crippen LogP contribution in [0.3, 0.4) is 0 Å². The normalized spacial score (nSPS) is 29.5. The predicted molar refractivity (Wildman–Crippen MR) is 134 cm³/mol.